The summed E-state index contributed by atoms with van der Waals surface area (Å²) < 4.78 is 6.89. The SMILES string of the molecule is Cc1ccc(N2c3cc(C)cc4c3[Si]3(C)c5c(cc(C)cc5N(c5ccc(C)cc5)c5cc(C)cc2c53)O4)cc1. The second kappa shape index (κ2) is 7.89. The van der Waals surface area contributed by atoms with Gasteiger partial charge in [-0.25, -0.2) is 0 Å². The van der Waals surface area contributed by atoms with Crippen molar-refractivity contribution in [2.24, 2.45) is 0 Å². The summed E-state index contributed by atoms with van der Waals surface area (Å²) >= 11 is 0. The van der Waals surface area contributed by atoms with Crippen LogP contribution >= 0.6 is 0 Å². The molecule has 0 amide bonds. The lowest BCUT2D eigenvalue weighted by Gasteiger charge is -2.52. The van der Waals surface area contributed by atoms with Crippen molar-refractivity contribution in [3.05, 3.63) is 113 Å². The lowest BCUT2D eigenvalue weighted by atomic mass is 10.0. The summed E-state index contributed by atoms with van der Waals surface area (Å²) in [5.41, 5.74) is 13.7. The van der Waals surface area contributed by atoms with E-state index in [2.05, 4.69) is 136 Å². The molecule has 0 radical (unpaired) electrons. The Balaban J connectivity index is 1.55. The largest absolute Gasteiger partial charge is 0.457 e. The first-order valence-corrected chi connectivity index (χ1v) is 16.6. The van der Waals surface area contributed by atoms with Crippen LogP contribution in [-0.4, -0.2) is 8.07 Å². The van der Waals surface area contributed by atoms with Crippen LogP contribution in [0.4, 0.5) is 34.1 Å². The predicted octanol–water partition coefficient (Wildman–Crippen LogP) is 8.00. The molecule has 0 saturated carbocycles. The molecule has 0 aliphatic carbocycles. The lowest BCUT2D eigenvalue weighted by Crippen LogP contribution is -2.73. The van der Waals surface area contributed by atoms with E-state index in [4.69, 9.17) is 4.74 Å². The Kier molecular flexibility index (Phi) is 4.65. The monoisotopic (exact) mass is 536 g/mol. The van der Waals surface area contributed by atoms with Gasteiger partial charge < -0.3 is 14.5 Å². The van der Waals surface area contributed by atoms with Gasteiger partial charge in [-0.2, -0.15) is 0 Å². The van der Waals surface area contributed by atoms with Gasteiger partial charge >= 0.3 is 0 Å². The summed E-state index contributed by atoms with van der Waals surface area (Å²) in [6.45, 7) is 13.5. The van der Waals surface area contributed by atoms with Gasteiger partial charge in [-0.05, 0) is 117 Å². The van der Waals surface area contributed by atoms with Gasteiger partial charge in [-0.1, -0.05) is 41.9 Å². The molecular weight excluding hydrogens is 504 g/mol. The van der Waals surface area contributed by atoms with Crippen LogP contribution in [0.1, 0.15) is 27.8 Å². The Hall–Kier alpha value is -4.28. The highest BCUT2D eigenvalue weighted by molar-refractivity contribution is 7.15. The summed E-state index contributed by atoms with van der Waals surface area (Å²) in [7, 11) is -2.45. The number of aryl methyl sites for hydroxylation is 5. The van der Waals surface area contributed by atoms with Crippen LogP contribution in [0.15, 0.2) is 84.9 Å². The molecule has 40 heavy (non-hydrogen) atoms. The van der Waals surface area contributed by atoms with Crippen LogP contribution in [0, 0.1) is 34.6 Å². The molecule has 0 unspecified atom stereocenters. The van der Waals surface area contributed by atoms with Gasteiger partial charge in [0, 0.05) is 33.1 Å². The Morgan fingerprint density at radius 2 is 0.800 bits per heavy atom. The molecule has 0 spiro atoms. The molecule has 5 aromatic carbocycles. The molecule has 0 bridgehead atoms. The summed E-state index contributed by atoms with van der Waals surface area (Å²) in [5.74, 6) is 2.04. The second-order valence-electron chi connectivity index (χ2n) is 12.1. The summed E-state index contributed by atoms with van der Waals surface area (Å²) in [6.07, 6.45) is 0. The normalized spacial score (nSPS) is 15.1. The molecule has 0 atom stereocenters. The van der Waals surface area contributed by atoms with Crippen LogP contribution in [0.25, 0.3) is 0 Å². The van der Waals surface area contributed by atoms with Crippen molar-refractivity contribution in [2.75, 3.05) is 9.80 Å². The Morgan fingerprint density at radius 1 is 0.450 bits per heavy atom. The topological polar surface area (TPSA) is 15.7 Å². The van der Waals surface area contributed by atoms with Crippen LogP contribution in [0.3, 0.4) is 0 Å². The highest BCUT2D eigenvalue weighted by Gasteiger charge is 2.55. The minimum absolute atomic E-state index is 1.02. The van der Waals surface area contributed by atoms with E-state index in [0.29, 0.717) is 0 Å². The average molecular weight is 537 g/mol. The molecular formula is C36H32N2OSi. The van der Waals surface area contributed by atoms with Gasteiger partial charge in [0.1, 0.15) is 11.5 Å². The Bertz CT molecular complexity index is 1760. The molecule has 0 fully saturated rings. The van der Waals surface area contributed by atoms with Gasteiger partial charge in [0.05, 0.1) is 11.4 Å². The maximum atomic E-state index is 6.89. The van der Waals surface area contributed by atoms with E-state index in [1.54, 1.807) is 0 Å². The number of benzene rings is 5. The molecule has 3 heterocycles. The fraction of sp³-hybridized carbons (Fsp3) is 0.167. The molecule has 3 nitrogen and oxygen atoms in total. The van der Waals surface area contributed by atoms with Crippen LogP contribution in [0.2, 0.25) is 6.55 Å². The van der Waals surface area contributed by atoms with E-state index in [-0.39, 0.29) is 0 Å². The highest BCUT2D eigenvalue weighted by atomic mass is 28.3. The minimum Gasteiger partial charge on any atom is -0.457 e. The fourth-order valence-electron chi connectivity index (χ4n) is 7.30. The summed E-state index contributed by atoms with van der Waals surface area (Å²) in [5, 5.41) is 4.24. The predicted molar refractivity (Wildman–Crippen MR) is 170 cm³/mol. The molecule has 3 aliphatic rings. The maximum absolute atomic E-state index is 6.89. The fourth-order valence-corrected chi connectivity index (χ4v) is 12.1. The van der Waals surface area contributed by atoms with E-state index >= 15 is 0 Å². The van der Waals surface area contributed by atoms with Crippen LogP contribution in [-0.2, 0) is 0 Å². The van der Waals surface area contributed by atoms with Crippen LogP contribution < -0.4 is 30.1 Å². The average Bonchev–Trinajstić information content (AvgIpc) is 2.89. The van der Waals surface area contributed by atoms with Crippen molar-refractivity contribution in [2.45, 2.75) is 41.2 Å². The van der Waals surface area contributed by atoms with Crippen molar-refractivity contribution in [1.82, 2.24) is 0 Å². The number of anilines is 6. The van der Waals surface area contributed by atoms with Crippen molar-refractivity contribution < 1.29 is 4.74 Å². The van der Waals surface area contributed by atoms with Crippen molar-refractivity contribution >= 4 is 57.8 Å². The number of hydrogen-bond acceptors (Lipinski definition) is 3. The number of hydrogen-bond donors (Lipinski definition) is 0. The molecule has 0 aromatic heterocycles. The van der Waals surface area contributed by atoms with Gasteiger partial charge in [0.2, 0.25) is 0 Å². The molecule has 8 rings (SSSR count). The smallest absolute Gasteiger partial charge is 0.165 e. The summed E-state index contributed by atoms with van der Waals surface area (Å²) in [6, 6.07) is 32.0. The third-order valence-corrected chi connectivity index (χ3v) is 13.5. The Morgan fingerprint density at radius 3 is 1.20 bits per heavy atom. The molecule has 4 heteroatoms. The van der Waals surface area contributed by atoms with Gasteiger partial charge in [-0.3, -0.25) is 0 Å². The van der Waals surface area contributed by atoms with E-state index < -0.39 is 8.07 Å². The first-order valence-electron chi connectivity index (χ1n) is 14.1. The number of ether oxygens (including phenoxy) is 1. The third kappa shape index (κ3) is 3.00. The zero-order valence-electron chi connectivity index (χ0n) is 23.9. The molecule has 196 valence electrons. The zero-order chi connectivity index (χ0) is 27.5. The molecule has 0 saturated heterocycles. The van der Waals surface area contributed by atoms with Crippen LogP contribution in [0.5, 0.6) is 11.5 Å². The standard InChI is InChI=1S/C36H32N2OSi/c1-21-7-11-26(12-8-21)37-28-15-23(3)16-29-34(28)40(6)35-30(37)17-24(4)19-32(35)39-33-20-25(5)18-31(36(33)40)38(29)27-13-9-22(2)10-14-27/h7-20H,1-6H3. The Labute approximate surface area is 237 Å². The highest BCUT2D eigenvalue weighted by Crippen LogP contribution is 2.51. The number of rotatable bonds is 2. The first kappa shape index (κ1) is 23.6. The maximum Gasteiger partial charge on any atom is 0.165 e. The van der Waals surface area contributed by atoms with Crippen molar-refractivity contribution in [3.63, 3.8) is 0 Å². The van der Waals surface area contributed by atoms with E-state index in [1.807, 2.05) is 0 Å². The minimum atomic E-state index is -2.45. The van der Waals surface area contributed by atoms with Gasteiger partial charge in [0.25, 0.3) is 0 Å². The zero-order valence-corrected chi connectivity index (χ0v) is 24.9. The summed E-state index contributed by atoms with van der Waals surface area (Å²) in [4.78, 5) is 4.99. The van der Waals surface area contributed by atoms with Crippen molar-refractivity contribution in [1.29, 1.82) is 0 Å². The first-order chi connectivity index (χ1) is 19.2. The molecule has 5 aromatic rings. The quantitative estimate of drug-likeness (QED) is 0.209. The molecule has 0 N–H and O–H groups in total. The van der Waals surface area contributed by atoms with E-state index in [0.717, 1.165) is 11.5 Å². The molecule has 3 aliphatic heterocycles. The van der Waals surface area contributed by atoms with Gasteiger partial charge in [0.15, 0.2) is 8.07 Å². The third-order valence-electron chi connectivity index (χ3n) is 8.96. The number of nitrogens with zero attached hydrogens (tertiary/aromatic N) is 2. The van der Waals surface area contributed by atoms with E-state index in [9.17, 15) is 0 Å². The second-order valence-corrected chi connectivity index (χ2v) is 15.8. The van der Waals surface area contributed by atoms with Crippen molar-refractivity contribution in [3.8, 4) is 11.5 Å². The van der Waals surface area contributed by atoms with Gasteiger partial charge in [-0.15, -0.1) is 0 Å². The lowest BCUT2D eigenvalue weighted by molar-refractivity contribution is 0.486. The van der Waals surface area contributed by atoms with E-state index in [1.165, 1.54) is 77.5 Å².